The fourth-order valence-electron chi connectivity index (χ4n) is 3.56. The van der Waals surface area contributed by atoms with Crippen LogP contribution in [0.2, 0.25) is 0 Å². The Bertz CT molecular complexity index is 1510. The molecular weight excluding hydrogens is 454 g/mol. The molecule has 1 amide bonds. The van der Waals surface area contributed by atoms with Gasteiger partial charge in [0.25, 0.3) is 5.91 Å². The normalized spacial score (nSPS) is 14.6. The number of thiazole rings is 1. The molecule has 1 aromatic heterocycles. The third-order valence-electron chi connectivity index (χ3n) is 5.21. The average Bonchev–Trinajstić information content (AvgIpc) is 3.40. The summed E-state index contributed by atoms with van der Waals surface area (Å²) in [7, 11) is 1.45. The monoisotopic (exact) mass is 471 g/mol. The zero-order valence-corrected chi connectivity index (χ0v) is 18.6. The van der Waals surface area contributed by atoms with Gasteiger partial charge in [0.1, 0.15) is 11.5 Å². The predicted molar refractivity (Wildman–Crippen MR) is 130 cm³/mol. The molecule has 0 atom stereocenters. The van der Waals surface area contributed by atoms with Crippen LogP contribution in [0.1, 0.15) is 21.5 Å². The number of carbonyl (C=O) groups is 2. The van der Waals surface area contributed by atoms with Crippen LogP contribution in [-0.2, 0) is 4.79 Å². The molecule has 4 aromatic rings. The van der Waals surface area contributed by atoms with E-state index in [1.54, 1.807) is 24.3 Å². The fraction of sp³-hybridized carbons (Fsp3) is 0.0400. The number of anilines is 1. The van der Waals surface area contributed by atoms with E-state index in [-0.39, 0.29) is 28.7 Å². The number of phenolic OH excluding ortho intramolecular Hbond substituents is 1. The van der Waals surface area contributed by atoms with Gasteiger partial charge >= 0.3 is 5.97 Å². The van der Waals surface area contributed by atoms with Gasteiger partial charge in [0.15, 0.2) is 16.6 Å². The maximum atomic E-state index is 13.5. The lowest BCUT2D eigenvalue weighted by molar-refractivity contribution is -0.113. The standard InChI is InChI=1S/C25H17N3O5S/c1-33-20-12-14(7-10-19(20)29)11-18-23(30)28(22(26-18)15-5-3-2-4-6-15)25-27-17-9-8-16(24(31)32)13-21(17)34-25/h2-13,29H,1H3,(H,31,32). The SMILES string of the molecule is COc1cc(C=C2N=C(c3ccccc3)N(c3nc4ccc(C(=O)O)cc4s3)C2=O)ccc1O. The highest BCUT2D eigenvalue weighted by atomic mass is 32.1. The number of ether oxygens (including phenoxy) is 1. The van der Waals surface area contributed by atoms with Crippen LogP contribution in [0.4, 0.5) is 5.13 Å². The Balaban J connectivity index is 1.62. The lowest BCUT2D eigenvalue weighted by Crippen LogP contribution is -2.32. The molecule has 0 unspecified atom stereocenters. The Morgan fingerprint density at radius 3 is 2.62 bits per heavy atom. The van der Waals surface area contributed by atoms with Gasteiger partial charge in [-0.15, -0.1) is 0 Å². The van der Waals surface area contributed by atoms with E-state index in [0.717, 1.165) is 5.56 Å². The number of carbonyl (C=O) groups excluding carboxylic acids is 1. The molecule has 0 fully saturated rings. The number of amides is 1. The number of nitrogens with zero attached hydrogens (tertiary/aromatic N) is 3. The van der Waals surface area contributed by atoms with Crippen molar-refractivity contribution >= 4 is 50.5 Å². The average molecular weight is 471 g/mol. The highest BCUT2D eigenvalue weighted by Crippen LogP contribution is 2.35. The van der Waals surface area contributed by atoms with Crippen molar-refractivity contribution in [2.45, 2.75) is 0 Å². The maximum absolute atomic E-state index is 13.5. The van der Waals surface area contributed by atoms with Crippen LogP contribution >= 0.6 is 11.3 Å². The number of carboxylic acid groups (broad SMARTS) is 1. The molecule has 8 nitrogen and oxygen atoms in total. The molecule has 0 saturated heterocycles. The Morgan fingerprint density at radius 2 is 1.88 bits per heavy atom. The third kappa shape index (κ3) is 3.78. The van der Waals surface area contributed by atoms with Gasteiger partial charge < -0.3 is 14.9 Å². The highest BCUT2D eigenvalue weighted by molar-refractivity contribution is 7.22. The first kappa shape index (κ1) is 21.4. The first-order chi connectivity index (χ1) is 16.4. The van der Waals surface area contributed by atoms with E-state index in [9.17, 15) is 19.8 Å². The number of hydrogen-bond acceptors (Lipinski definition) is 7. The summed E-state index contributed by atoms with van der Waals surface area (Å²) in [5.74, 6) is -0.712. The van der Waals surface area contributed by atoms with Crippen LogP contribution in [0, 0.1) is 0 Å². The maximum Gasteiger partial charge on any atom is 0.335 e. The molecule has 1 aliphatic rings. The van der Waals surface area contributed by atoms with E-state index >= 15 is 0 Å². The second-order valence-corrected chi connectivity index (χ2v) is 8.40. The topological polar surface area (TPSA) is 112 Å². The Hall–Kier alpha value is -4.50. The fourth-order valence-corrected chi connectivity index (χ4v) is 4.56. The summed E-state index contributed by atoms with van der Waals surface area (Å²) in [5, 5.41) is 19.5. The predicted octanol–water partition coefficient (Wildman–Crippen LogP) is 4.54. The smallest absolute Gasteiger partial charge is 0.335 e. The van der Waals surface area contributed by atoms with Gasteiger partial charge in [-0.25, -0.2) is 19.7 Å². The number of carboxylic acids is 1. The van der Waals surface area contributed by atoms with Gasteiger partial charge in [-0.1, -0.05) is 47.7 Å². The number of methoxy groups -OCH3 is 1. The molecule has 0 aliphatic carbocycles. The molecule has 0 spiro atoms. The summed E-state index contributed by atoms with van der Waals surface area (Å²) < 4.78 is 5.81. The number of rotatable bonds is 5. The van der Waals surface area contributed by atoms with E-state index in [0.29, 0.717) is 26.7 Å². The zero-order valence-electron chi connectivity index (χ0n) is 17.8. The van der Waals surface area contributed by atoms with Crippen LogP contribution in [0.25, 0.3) is 16.3 Å². The van der Waals surface area contributed by atoms with Crippen molar-refractivity contribution in [2.75, 3.05) is 12.0 Å². The molecule has 0 bridgehead atoms. The largest absolute Gasteiger partial charge is 0.504 e. The summed E-state index contributed by atoms with van der Waals surface area (Å²) in [6.45, 7) is 0. The van der Waals surface area contributed by atoms with Gasteiger partial charge in [-0.2, -0.15) is 0 Å². The molecule has 2 heterocycles. The van der Waals surface area contributed by atoms with Gasteiger partial charge in [0.05, 0.1) is 22.9 Å². The van der Waals surface area contributed by atoms with Crippen molar-refractivity contribution < 1.29 is 24.5 Å². The van der Waals surface area contributed by atoms with E-state index < -0.39 is 5.97 Å². The summed E-state index contributed by atoms with van der Waals surface area (Å²) in [6, 6.07) is 18.7. The van der Waals surface area contributed by atoms with Crippen LogP contribution in [0.15, 0.2) is 77.4 Å². The molecule has 0 saturated carbocycles. The number of hydrogen-bond donors (Lipinski definition) is 2. The van der Waals surface area contributed by atoms with E-state index in [1.165, 1.54) is 41.5 Å². The van der Waals surface area contributed by atoms with Crippen molar-refractivity contribution in [3.8, 4) is 11.5 Å². The molecule has 34 heavy (non-hydrogen) atoms. The second-order valence-electron chi connectivity index (χ2n) is 7.39. The van der Waals surface area contributed by atoms with Gasteiger partial charge in [-0.05, 0) is 42.0 Å². The van der Waals surface area contributed by atoms with Crippen LogP contribution in [-0.4, -0.2) is 40.0 Å². The number of aromatic carboxylic acids is 1. The van der Waals surface area contributed by atoms with Gasteiger partial charge in [0, 0.05) is 5.56 Å². The minimum Gasteiger partial charge on any atom is -0.504 e. The van der Waals surface area contributed by atoms with Crippen molar-refractivity contribution in [1.82, 2.24) is 4.98 Å². The van der Waals surface area contributed by atoms with E-state index in [1.807, 2.05) is 30.3 Å². The summed E-state index contributed by atoms with van der Waals surface area (Å²) in [5.41, 5.74) is 2.29. The number of aromatic nitrogens is 1. The molecule has 2 N–H and O–H groups in total. The molecule has 0 radical (unpaired) electrons. The van der Waals surface area contributed by atoms with Crippen LogP contribution in [0.3, 0.4) is 0 Å². The summed E-state index contributed by atoms with van der Waals surface area (Å²) >= 11 is 1.21. The number of aliphatic imine (C=N–C) groups is 1. The van der Waals surface area contributed by atoms with Crippen molar-refractivity contribution in [3.63, 3.8) is 0 Å². The van der Waals surface area contributed by atoms with Crippen molar-refractivity contribution in [1.29, 1.82) is 0 Å². The number of amidine groups is 1. The molecule has 168 valence electrons. The van der Waals surface area contributed by atoms with Crippen LogP contribution in [0.5, 0.6) is 11.5 Å². The van der Waals surface area contributed by atoms with Crippen LogP contribution < -0.4 is 9.64 Å². The molecule has 5 rings (SSSR count). The third-order valence-corrected chi connectivity index (χ3v) is 6.22. The van der Waals surface area contributed by atoms with Crippen molar-refractivity contribution in [2.24, 2.45) is 4.99 Å². The molecule has 9 heteroatoms. The molecule has 1 aliphatic heterocycles. The summed E-state index contributed by atoms with van der Waals surface area (Å²) in [4.78, 5) is 35.5. The number of fused-ring (bicyclic) bond motifs is 1. The molecular formula is C25H17N3O5S. The minimum atomic E-state index is -1.03. The summed E-state index contributed by atoms with van der Waals surface area (Å²) in [6.07, 6.45) is 1.61. The highest BCUT2D eigenvalue weighted by Gasteiger charge is 2.34. The van der Waals surface area contributed by atoms with Gasteiger partial charge in [-0.3, -0.25) is 4.79 Å². The first-order valence-electron chi connectivity index (χ1n) is 10.2. The minimum absolute atomic E-state index is 0.00675. The Morgan fingerprint density at radius 1 is 1.09 bits per heavy atom. The number of benzene rings is 3. The number of aromatic hydroxyl groups is 1. The lowest BCUT2D eigenvalue weighted by atomic mass is 10.1. The Labute approximate surface area is 197 Å². The molecule has 3 aromatic carbocycles. The lowest BCUT2D eigenvalue weighted by Gasteiger charge is -2.14. The van der Waals surface area contributed by atoms with Gasteiger partial charge in [0.2, 0.25) is 0 Å². The number of phenols is 1. The van der Waals surface area contributed by atoms with E-state index in [4.69, 9.17) is 4.74 Å². The van der Waals surface area contributed by atoms with E-state index in [2.05, 4.69) is 9.98 Å². The van der Waals surface area contributed by atoms with Crippen molar-refractivity contribution in [3.05, 3.63) is 89.1 Å². The quantitative estimate of drug-likeness (QED) is 0.413. The Kier molecular flexibility index (Phi) is 5.31. The zero-order chi connectivity index (χ0) is 23.8. The first-order valence-corrected chi connectivity index (χ1v) is 11.0. The second kappa shape index (κ2) is 8.45.